The van der Waals surface area contributed by atoms with Crippen molar-refractivity contribution in [2.75, 3.05) is 6.54 Å². The van der Waals surface area contributed by atoms with Crippen LogP contribution in [0, 0.1) is 37.5 Å². The Kier molecular flexibility index (Phi) is 3.73. The molecule has 0 aliphatic heterocycles. The lowest BCUT2D eigenvalue weighted by Crippen LogP contribution is -2.38. The van der Waals surface area contributed by atoms with Crippen LogP contribution in [0.4, 0.5) is 0 Å². The second-order valence-corrected chi connectivity index (χ2v) is 5.73. The third-order valence-corrected chi connectivity index (χ3v) is 4.15. The maximum Gasteiger partial charge on any atom is 0.0703 e. The van der Waals surface area contributed by atoms with Crippen LogP contribution in [0.25, 0.3) is 0 Å². The molecule has 1 aliphatic rings. The van der Waals surface area contributed by atoms with Crippen LogP contribution in [-0.4, -0.2) is 6.54 Å². The van der Waals surface area contributed by atoms with Gasteiger partial charge in [-0.15, -0.1) is 0 Å². The van der Waals surface area contributed by atoms with Crippen LogP contribution < -0.4 is 5.32 Å². The van der Waals surface area contributed by atoms with Crippen molar-refractivity contribution in [2.45, 2.75) is 46.6 Å². The van der Waals surface area contributed by atoms with E-state index in [2.05, 4.69) is 44.3 Å². The molecule has 0 aromatic heterocycles. The number of nitrogens with one attached hydrogen (secondary N) is 1. The smallest absolute Gasteiger partial charge is 0.0703 e. The predicted octanol–water partition coefficient (Wildman–Crippen LogP) is 3.40. The number of hydrogen-bond donors (Lipinski definition) is 1. The van der Waals surface area contributed by atoms with Gasteiger partial charge in [0.2, 0.25) is 0 Å². The van der Waals surface area contributed by atoms with Gasteiger partial charge in [0.05, 0.1) is 11.5 Å². The SMILES string of the molecule is Cc1cc(C)c(CNCC2(C#N)CCC2)c(C)c1. The van der Waals surface area contributed by atoms with Crippen molar-refractivity contribution in [3.63, 3.8) is 0 Å². The summed E-state index contributed by atoms with van der Waals surface area (Å²) in [6, 6.07) is 6.94. The highest BCUT2D eigenvalue weighted by atomic mass is 14.9. The van der Waals surface area contributed by atoms with Gasteiger partial charge in [-0.3, -0.25) is 0 Å². The first-order chi connectivity index (χ1) is 8.56. The predicted molar refractivity (Wildman–Crippen MR) is 74.3 cm³/mol. The first kappa shape index (κ1) is 13.1. The molecule has 0 unspecified atom stereocenters. The minimum absolute atomic E-state index is 0.0769. The van der Waals surface area contributed by atoms with E-state index in [4.69, 9.17) is 0 Å². The summed E-state index contributed by atoms with van der Waals surface area (Å²) < 4.78 is 0. The molecule has 2 nitrogen and oxygen atoms in total. The second kappa shape index (κ2) is 5.12. The summed E-state index contributed by atoms with van der Waals surface area (Å²) in [5.74, 6) is 0. The third kappa shape index (κ3) is 2.57. The average molecular weight is 242 g/mol. The van der Waals surface area contributed by atoms with E-state index >= 15 is 0 Å². The van der Waals surface area contributed by atoms with E-state index in [0.717, 1.165) is 25.9 Å². The Balaban J connectivity index is 1.97. The minimum atomic E-state index is -0.0769. The summed E-state index contributed by atoms with van der Waals surface area (Å²) in [5, 5.41) is 12.7. The van der Waals surface area contributed by atoms with Gasteiger partial charge in [-0.05, 0) is 50.3 Å². The maximum absolute atomic E-state index is 9.19. The van der Waals surface area contributed by atoms with Crippen molar-refractivity contribution >= 4 is 0 Å². The Morgan fingerprint density at radius 2 is 1.83 bits per heavy atom. The zero-order chi connectivity index (χ0) is 13.2. The molecule has 1 aromatic rings. The van der Waals surface area contributed by atoms with Crippen LogP contribution in [0.1, 0.15) is 41.5 Å². The zero-order valence-corrected chi connectivity index (χ0v) is 11.6. The summed E-state index contributed by atoms with van der Waals surface area (Å²) in [7, 11) is 0. The molecule has 1 aromatic carbocycles. The fourth-order valence-electron chi connectivity index (χ4n) is 2.85. The first-order valence-corrected chi connectivity index (χ1v) is 6.75. The molecule has 1 fully saturated rings. The van der Waals surface area contributed by atoms with Gasteiger partial charge in [0, 0.05) is 13.1 Å². The number of nitriles is 1. The normalized spacial score (nSPS) is 17.0. The van der Waals surface area contributed by atoms with Crippen LogP contribution in [0.3, 0.4) is 0 Å². The quantitative estimate of drug-likeness (QED) is 0.878. The van der Waals surface area contributed by atoms with Crippen molar-refractivity contribution in [1.29, 1.82) is 5.26 Å². The molecule has 0 saturated heterocycles. The van der Waals surface area contributed by atoms with E-state index in [9.17, 15) is 5.26 Å². The van der Waals surface area contributed by atoms with Gasteiger partial charge < -0.3 is 5.32 Å². The largest absolute Gasteiger partial charge is 0.311 e. The van der Waals surface area contributed by atoms with E-state index in [1.54, 1.807) is 0 Å². The van der Waals surface area contributed by atoms with Crippen molar-refractivity contribution in [3.8, 4) is 6.07 Å². The Morgan fingerprint density at radius 1 is 1.22 bits per heavy atom. The fraction of sp³-hybridized carbons (Fsp3) is 0.562. The van der Waals surface area contributed by atoms with E-state index < -0.39 is 0 Å². The molecule has 18 heavy (non-hydrogen) atoms. The molecule has 96 valence electrons. The van der Waals surface area contributed by atoms with E-state index in [1.807, 2.05) is 0 Å². The molecule has 0 bridgehead atoms. The molecule has 0 atom stereocenters. The highest BCUT2D eigenvalue weighted by molar-refractivity contribution is 5.37. The lowest BCUT2D eigenvalue weighted by atomic mass is 9.70. The van der Waals surface area contributed by atoms with Gasteiger partial charge in [-0.1, -0.05) is 24.1 Å². The maximum atomic E-state index is 9.19. The van der Waals surface area contributed by atoms with Crippen LogP contribution in [-0.2, 0) is 6.54 Å². The topological polar surface area (TPSA) is 35.8 Å². The van der Waals surface area contributed by atoms with Crippen molar-refractivity contribution in [2.24, 2.45) is 5.41 Å². The number of hydrogen-bond acceptors (Lipinski definition) is 2. The number of nitrogens with zero attached hydrogens (tertiary/aromatic N) is 1. The summed E-state index contributed by atoms with van der Waals surface area (Å²) in [5.41, 5.74) is 5.32. The fourth-order valence-corrected chi connectivity index (χ4v) is 2.85. The second-order valence-electron chi connectivity index (χ2n) is 5.73. The van der Waals surface area contributed by atoms with Gasteiger partial charge in [-0.2, -0.15) is 5.26 Å². The van der Waals surface area contributed by atoms with Gasteiger partial charge in [0.25, 0.3) is 0 Å². The van der Waals surface area contributed by atoms with Crippen LogP contribution in [0.15, 0.2) is 12.1 Å². The van der Waals surface area contributed by atoms with Crippen LogP contribution in [0.2, 0.25) is 0 Å². The van der Waals surface area contributed by atoms with Gasteiger partial charge in [0.15, 0.2) is 0 Å². The monoisotopic (exact) mass is 242 g/mol. The highest BCUT2D eigenvalue weighted by Gasteiger charge is 2.36. The Morgan fingerprint density at radius 3 is 2.28 bits per heavy atom. The van der Waals surface area contributed by atoms with Gasteiger partial charge in [-0.25, -0.2) is 0 Å². The lowest BCUT2D eigenvalue weighted by Gasteiger charge is -2.35. The van der Waals surface area contributed by atoms with E-state index in [0.29, 0.717) is 0 Å². The molecular formula is C16H22N2. The Bertz CT molecular complexity index is 455. The molecule has 0 heterocycles. The highest BCUT2D eigenvalue weighted by Crippen LogP contribution is 2.39. The molecule has 0 spiro atoms. The third-order valence-electron chi connectivity index (χ3n) is 4.15. The van der Waals surface area contributed by atoms with Crippen molar-refractivity contribution in [3.05, 3.63) is 34.4 Å². The molecule has 2 heteroatoms. The average Bonchev–Trinajstić information content (AvgIpc) is 2.25. The summed E-state index contributed by atoms with van der Waals surface area (Å²) >= 11 is 0. The van der Waals surface area contributed by atoms with Crippen molar-refractivity contribution < 1.29 is 0 Å². The Labute approximate surface area is 110 Å². The first-order valence-electron chi connectivity index (χ1n) is 6.75. The van der Waals surface area contributed by atoms with E-state index in [-0.39, 0.29) is 5.41 Å². The summed E-state index contributed by atoms with van der Waals surface area (Å²) in [4.78, 5) is 0. The molecule has 0 amide bonds. The molecule has 1 aliphatic carbocycles. The lowest BCUT2D eigenvalue weighted by molar-refractivity contribution is 0.206. The van der Waals surface area contributed by atoms with Gasteiger partial charge in [0.1, 0.15) is 0 Å². The number of benzene rings is 1. The molecule has 1 N–H and O–H groups in total. The van der Waals surface area contributed by atoms with Crippen LogP contribution in [0.5, 0.6) is 0 Å². The molecule has 1 saturated carbocycles. The Hall–Kier alpha value is -1.33. The van der Waals surface area contributed by atoms with Gasteiger partial charge >= 0.3 is 0 Å². The molecular weight excluding hydrogens is 220 g/mol. The summed E-state index contributed by atoms with van der Waals surface area (Å²) in [6.07, 6.45) is 3.32. The minimum Gasteiger partial charge on any atom is -0.311 e. The standard InChI is InChI=1S/C16H22N2/c1-12-7-13(2)15(14(3)8-12)9-18-11-16(10-17)5-4-6-16/h7-8,18H,4-6,9,11H2,1-3H3. The number of rotatable bonds is 4. The van der Waals surface area contributed by atoms with E-state index in [1.165, 1.54) is 28.7 Å². The zero-order valence-electron chi connectivity index (χ0n) is 11.6. The molecule has 2 rings (SSSR count). The summed E-state index contributed by atoms with van der Waals surface area (Å²) in [6.45, 7) is 8.18. The van der Waals surface area contributed by atoms with Crippen molar-refractivity contribution in [1.82, 2.24) is 5.32 Å². The number of aryl methyl sites for hydroxylation is 3. The molecule has 0 radical (unpaired) electrons. The van der Waals surface area contributed by atoms with Crippen LogP contribution >= 0.6 is 0 Å².